The number of ketones is 4. The molecular weight excluding hydrogens is 843 g/mol. The zero-order valence-electron chi connectivity index (χ0n) is 36.2. The molecule has 0 aliphatic heterocycles. The molecular formula is C47H60BrN5O4S2. The van der Waals surface area contributed by atoms with Gasteiger partial charge in [-0.2, -0.15) is 5.11 Å². The summed E-state index contributed by atoms with van der Waals surface area (Å²) >= 11 is 5.57. The zero-order chi connectivity index (χ0) is 45.0. The van der Waals surface area contributed by atoms with E-state index in [4.69, 9.17) is 5.73 Å². The van der Waals surface area contributed by atoms with E-state index in [9.17, 15) is 19.2 Å². The number of Topliss-reactive ketones (excluding diaryl/α,β-unsaturated/α-hetero) is 2. The summed E-state index contributed by atoms with van der Waals surface area (Å²) in [5, 5.41) is 9.32. The molecule has 0 radical (unpaired) electrons. The normalized spacial score (nSPS) is 9.17. The first-order valence-corrected chi connectivity index (χ1v) is 22.3. The third kappa shape index (κ3) is 23.6. The van der Waals surface area contributed by atoms with Crippen molar-refractivity contribution in [2.45, 2.75) is 82.2 Å². The number of azo groups is 1. The maximum absolute atomic E-state index is 12.1. The van der Waals surface area contributed by atoms with Crippen LogP contribution in [0.25, 0.3) is 0 Å². The first-order valence-electron chi connectivity index (χ1n) is 19.6. The number of nitrogens with zero attached hydrogens (tertiary/aromatic N) is 4. The van der Waals surface area contributed by atoms with Crippen molar-refractivity contribution in [3.63, 3.8) is 0 Å². The smallest absolute Gasteiger partial charge is 0.230 e. The van der Waals surface area contributed by atoms with Crippen LogP contribution in [-0.2, 0) is 0 Å². The van der Waals surface area contributed by atoms with Crippen LogP contribution >= 0.6 is 38.6 Å². The molecule has 12 heteroatoms. The fourth-order valence-corrected chi connectivity index (χ4v) is 5.49. The fourth-order valence-electron chi connectivity index (χ4n) is 3.81. The molecule has 9 nitrogen and oxygen atoms in total. The van der Waals surface area contributed by atoms with Gasteiger partial charge in [0.2, 0.25) is 16.7 Å². The van der Waals surface area contributed by atoms with E-state index in [1.165, 1.54) is 28.9 Å². The molecule has 0 amide bonds. The van der Waals surface area contributed by atoms with Crippen LogP contribution in [0.15, 0.2) is 144 Å². The molecule has 0 spiro atoms. The molecule has 0 saturated heterocycles. The number of nitrogen functional groups attached to an aromatic ring is 1. The van der Waals surface area contributed by atoms with Crippen LogP contribution in [0.5, 0.6) is 0 Å². The van der Waals surface area contributed by atoms with Crippen molar-refractivity contribution in [1.82, 2.24) is 9.97 Å². The fraction of sp³-hybridized carbons (Fsp3) is 0.277. The van der Waals surface area contributed by atoms with Gasteiger partial charge in [0.1, 0.15) is 0 Å². The molecule has 6 rings (SSSR count). The molecule has 2 aromatic heterocycles. The quantitative estimate of drug-likeness (QED) is 0.0864. The van der Waals surface area contributed by atoms with Crippen molar-refractivity contribution < 1.29 is 19.2 Å². The Hall–Kier alpha value is -5.30. The molecule has 316 valence electrons. The van der Waals surface area contributed by atoms with Gasteiger partial charge in [-0.3, -0.25) is 19.2 Å². The van der Waals surface area contributed by atoms with Crippen molar-refractivity contribution in [3.8, 4) is 0 Å². The molecule has 4 aromatic carbocycles. The van der Waals surface area contributed by atoms with E-state index in [-0.39, 0.29) is 29.2 Å². The summed E-state index contributed by atoms with van der Waals surface area (Å²) in [4.78, 5) is 54.6. The third-order valence-electron chi connectivity index (χ3n) is 6.31. The van der Waals surface area contributed by atoms with Gasteiger partial charge in [0, 0.05) is 22.3 Å². The Morgan fingerprint density at radius 3 is 1.25 bits per heavy atom. The predicted octanol–water partition coefficient (Wildman–Crippen LogP) is 14.1. The number of aromatic nitrogens is 2. The van der Waals surface area contributed by atoms with Crippen LogP contribution in [0, 0.1) is 0 Å². The van der Waals surface area contributed by atoms with E-state index in [1.54, 1.807) is 37.4 Å². The second-order valence-corrected chi connectivity index (χ2v) is 13.2. The van der Waals surface area contributed by atoms with E-state index in [0.717, 1.165) is 11.1 Å². The topological polar surface area (TPSA) is 145 Å². The molecule has 0 aliphatic rings. The molecule has 0 aliphatic carbocycles. The Kier molecular flexibility index (Phi) is 33.9. The zero-order valence-corrected chi connectivity index (χ0v) is 39.4. The van der Waals surface area contributed by atoms with Crippen LogP contribution in [0.2, 0.25) is 0 Å². The van der Waals surface area contributed by atoms with Crippen molar-refractivity contribution in [3.05, 3.63) is 166 Å². The number of rotatable bonds is 9. The van der Waals surface area contributed by atoms with Crippen molar-refractivity contribution >= 4 is 72.0 Å². The summed E-state index contributed by atoms with van der Waals surface area (Å²) in [6, 6.07) is 36.8. The molecule has 2 heterocycles. The number of hydrogen-bond acceptors (Lipinski definition) is 11. The number of benzene rings is 4. The number of carbonyl (C=O) groups is 4. The highest BCUT2D eigenvalue weighted by Gasteiger charge is 2.13. The second-order valence-electron chi connectivity index (χ2n) is 10.6. The van der Waals surface area contributed by atoms with Gasteiger partial charge in [0.25, 0.3) is 0 Å². The summed E-state index contributed by atoms with van der Waals surface area (Å²) in [5.41, 5.74) is 8.31. The number of hydrogen-bond donors (Lipinski definition) is 1. The molecule has 0 saturated carbocycles. The molecule has 0 atom stereocenters. The Balaban J connectivity index is 0. The molecule has 6 aromatic rings. The van der Waals surface area contributed by atoms with Gasteiger partial charge in [0.05, 0.1) is 33.5 Å². The minimum atomic E-state index is -0.0286. The standard InChI is InChI=1S/C13H13N3OS.C10H8N2OS.C8H7BrO.C8H8O.4C2H6/c1-9(2)15-16-13-14-8-11(18-13)12(17)10-6-4-3-5-7-10;11-10-12-6-8(14-10)9(13)7-4-2-1-3-5-7;9-6-8(10)7-4-2-1-3-5-7;1-7(9)8-5-3-2-4-6-8;4*1-2/h3-9H,1-2H3;1-6H,(H2,11,12);1-5H,6H2;2-6H,1H3;4*1-2H3. The van der Waals surface area contributed by atoms with Gasteiger partial charge >= 0.3 is 0 Å². The van der Waals surface area contributed by atoms with E-state index < -0.39 is 0 Å². The minimum absolute atomic E-state index is 0.0280. The molecule has 59 heavy (non-hydrogen) atoms. The van der Waals surface area contributed by atoms with Crippen LogP contribution < -0.4 is 5.73 Å². The average molecular weight is 903 g/mol. The largest absolute Gasteiger partial charge is 0.375 e. The van der Waals surface area contributed by atoms with Gasteiger partial charge in [0.15, 0.2) is 16.7 Å². The van der Waals surface area contributed by atoms with Gasteiger partial charge in [-0.15, -0.1) is 5.11 Å². The highest BCUT2D eigenvalue weighted by Crippen LogP contribution is 2.24. The van der Waals surface area contributed by atoms with Gasteiger partial charge in [-0.1, -0.05) is 215 Å². The first-order chi connectivity index (χ1) is 28.6. The van der Waals surface area contributed by atoms with Crippen molar-refractivity contribution in [2.75, 3.05) is 11.1 Å². The third-order valence-corrected chi connectivity index (χ3v) is 8.52. The van der Waals surface area contributed by atoms with Crippen LogP contribution in [0.4, 0.5) is 10.3 Å². The van der Waals surface area contributed by atoms with Gasteiger partial charge < -0.3 is 5.73 Å². The maximum atomic E-state index is 12.1. The molecule has 0 fully saturated rings. The average Bonchev–Trinajstić information content (AvgIpc) is 3.99. The highest BCUT2D eigenvalue weighted by atomic mass is 79.9. The Bertz CT molecular complexity index is 2000. The van der Waals surface area contributed by atoms with E-state index in [1.807, 2.05) is 166 Å². The summed E-state index contributed by atoms with van der Waals surface area (Å²) in [6.07, 6.45) is 3.06. The number of thiazole rings is 2. The molecule has 0 unspecified atom stereocenters. The SMILES string of the molecule is CC.CC.CC.CC.CC(=O)c1ccccc1.CC(C)N=Nc1ncc(C(=O)c2ccccc2)s1.Nc1ncc(C(=O)c2ccccc2)s1.O=C(CBr)c1ccccc1. The first kappa shape index (κ1) is 55.8. The summed E-state index contributed by atoms with van der Waals surface area (Å²) in [6.45, 7) is 21.4. The summed E-state index contributed by atoms with van der Waals surface area (Å²) in [5.74, 6) is 0.190. The number of carbonyl (C=O) groups excluding carboxylic acids is 4. The van der Waals surface area contributed by atoms with E-state index in [2.05, 4.69) is 36.1 Å². The number of halogens is 1. The number of anilines is 1. The van der Waals surface area contributed by atoms with Crippen molar-refractivity contribution in [2.24, 2.45) is 10.2 Å². The lowest BCUT2D eigenvalue weighted by Crippen LogP contribution is -1.98. The Morgan fingerprint density at radius 1 is 0.576 bits per heavy atom. The van der Waals surface area contributed by atoms with Crippen LogP contribution in [-0.4, -0.2) is 44.5 Å². The number of alkyl halides is 1. The predicted molar refractivity (Wildman–Crippen MR) is 254 cm³/mol. The highest BCUT2D eigenvalue weighted by molar-refractivity contribution is 9.09. The molecule has 2 N–H and O–H groups in total. The van der Waals surface area contributed by atoms with Crippen LogP contribution in [0.3, 0.4) is 0 Å². The lowest BCUT2D eigenvalue weighted by Gasteiger charge is -1.95. The van der Waals surface area contributed by atoms with Crippen molar-refractivity contribution in [1.29, 1.82) is 0 Å². The maximum Gasteiger partial charge on any atom is 0.230 e. The lowest BCUT2D eigenvalue weighted by molar-refractivity contribution is 0.101. The molecule has 0 bridgehead atoms. The van der Waals surface area contributed by atoms with Gasteiger partial charge in [-0.05, 0) is 20.8 Å². The van der Waals surface area contributed by atoms with Gasteiger partial charge in [-0.25, -0.2) is 9.97 Å². The summed E-state index contributed by atoms with van der Waals surface area (Å²) in [7, 11) is 0. The lowest BCUT2D eigenvalue weighted by atomic mass is 10.1. The minimum Gasteiger partial charge on any atom is -0.375 e. The number of nitrogens with two attached hydrogens (primary N) is 1. The second kappa shape index (κ2) is 35.8. The van der Waals surface area contributed by atoms with Crippen LogP contribution in [0.1, 0.15) is 127 Å². The van der Waals surface area contributed by atoms with E-state index in [0.29, 0.717) is 36.5 Å². The monoisotopic (exact) mass is 901 g/mol. The van der Waals surface area contributed by atoms with E-state index >= 15 is 0 Å². The Labute approximate surface area is 368 Å². The summed E-state index contributed by atoms with van der Waals surface area (Å²) < 4.78 is 0. The Morgan fingerprint density at radius 2 is 0.932 bits per heavy atom.